The molecule has 1 aromatic carbocycles. The number of nitro groups is 1. The highest BCUT2D eigenvalue weighted by molar-refractivity contribution is 7.92. The first-order valence-corrected chi connectivity index (χ1v) is 8.13. The molecule has 0 unspecified atom stereocenters. The molecule has 0 bridgehead atoms. The lowest BCUT2D eigenvalue weighted by Gasteiger charge is -2.10. The number of hydrogen-bond donors (Lipinski definition) is 1. The first kappa shape index (κ1) is 16.0. The molecule has 0 saturated carbocycles. The number of sulfonamides is 1. The molecule has 0 saturated heterocycles. The Hall–Kier alpha value is -2.42. The van der Waals surface area contributed by atoms with Gasteiger partial charge in [-0.05, 0) is 25.5 Å². The van der Waals surface area contributed by atoms with Crippen molar-refractivity contribution in [3.05, 3.63) is 46.1 Å². The van der Waals surface area contributed by atoms with Crippen LogP contribution < -0.4 is 4.72 Å². The number of nitrogens with zero attached hydrogens (tertiary/aromatic N) is 3. The number of nitrogens with one attached hydrogen (secondary N) is 1. The van der Waals surface area contributed by atoms with Crippen LogP contribution in [0.4, 0.5) is 11.5 Å². The maximum Gasteiger partial charge on any atom is 0.272 e. The van der Waals surface area contributed by atoms with Crippen LogP contribution in [0.5, 0.6) is 0 Å². The maximum absolute atomic E-state index is 12.4. The van der Waals surface area contributed by atoms with Crippen molar-refractivity contribution in [2.45, 2.75) is 31.7 Å². The molecule has 9 heteroatoms. The van der Waals surface area contributed by atoms with E-state index in [-0.39, 0.29) is 16.1 Å². The summed E-state index contributed by atoms with van der Waals surface area (Å²) in [6.07, 6.45) is 2.32. The SMILES string of the molecule is CCCn1nccc1NS(=O)(=O)c1ccc([N+](=O)[O-])c(C)c1. The van der Waals surface area contributed by atoms with Crippen LogP contribution >= 0.6 is 0 Å². The zero-order valence-corrected chi connectivity index (χ0v) is 13.0. The number of anilines is 1. The maximum atomic E-state index is 12.4. The number of benzene rings is 1. The predicted molar refractivity (Wildman–Crippen MR) is 81.2 cm³/mol. The van der Waals surface area contributed by atoms with Crippen molar-refractivity contribution < 1.29 is 13.3 Å². The molecule has 1 heterocycles. The molecule has 2 rings (SSSR count). The third-order valence-electron chi connectivity index (χ3n) is 3.07. The molecule has 1 N–H and O–H groups in total. The van der Waals surface area contributed by atoms with E-state index in [1.54, 1.807) is 10.7 Å². The van der Waals surface area contributed by atoms with E-state index in [4.69, 9.17) is 0 Å². The van der Waals surface area contributed by atoms with Crippen molar-refractivity contribution in [2.75, 3.05) is 4.72 Å². The van der Waals surface area contributed by atoms with Gasteiger partial charge in [-0.25, -0.2) is 13.1 Å². The summed E-state index contributed by atoms with van der Waals surface area (Å²) in [4.78, 5) is 10.2. The fraction of sp³-hybridized carbons (Fsp3) is 0.308. The van der Waals surface area contributed by atoms with Gasteiger partial charge in [0.2, 0.25) is 0 Å². The molecule has 0 amide bonds. The van der Waals surface area contributed by atoms with Crippen LogP contribution in [-0.4, -0.2) is 23.1 Å². The lowest BCUT2D eigenvalue weighted by molar-refractivity contribution is -0.385. The molecule has 0 fully saturated rings. The summed E-state index contributed by atoms with van der Waals surface area (Å²) < 4.78 is 28.7. The van der Waals surface area contributed by atoms with E-state index in [0.717, 1.165) is 6.42 Å². The van der Waals surface area contributed by atoms with Gasteiger partial charge in [0.05, 0.1) is 16.0 Å². The van der Waals surface area contributed by atoms with Gasteiger partial charge in [0, 0.05) is 24.2 Å². The zero-order chi connectivity index (χ0) is 16.3. The lowest BCUT2D eigenvalue weighted by atomic mass is 10.2. The monoisotopic (exact) mass is 324 g/mol. The molecule has 0 aliphatic rings. The Kier molecular flexibility index (Phi) is 4.45. The van der Waals surface area contributed by atoms with Gasteiger partial charge in [0.15, 0.2) is 0 Å². The number of nitro benzene ring substituents is 1. The highest BCUT2D eigenvalue weighted by Gasteiger charge is 2.20. The lowest BCUT2D eigenvalue weighted by Crippen LogP contribution is -2.16. The van der Waals surface area contributed by atoms with E-state index in [0.29, 0.717) is 12.4 Å². The van der Waals surface area contributed by atoms with Gasteiger partial charge in [0.25, 0.3) is 15.7 Å². The van der Waals surface area contributed by atoms with Crippen molar-refractivity contribution in [1.82, 2.24) is 9.78 Å². The van der Waals surface area contributed by atoms with Crippen LogP contribution in [0.25, 0.3) is 0 Å². The van der Waals surface area contributed by atoms with Crippen LogP contribution in [0, 0.1) is 17.0 Å². The summed E-state index contributed by atoms with van der Waals surface area (Å²) >= 11 is 0. The van der Waals surface area contributed by atoms with E-state index in [1.165, 1.54) is 31.3 Å². The molecular weight excluding hydrogens is 308 g/mol. The Balaban J connectivity index is 2.32. The number of hydrogen-bond acceptors (Lipinski definition) is 5. The second-order valence-electron chi connectivity index (χ2n) is 4.75. The minimum absolute atomic E-state index is 0.0279. The van der Waals surface area contributed by atoms with E-state index >= 15 is 0 Å². The smallest absolute Gasteiger partial charge is 0.264 e. The van der Waals surface area contributed by atoms with E-state index in [2.05, 4.69) is 9.82 Å². The third kappa shape index (κ3) is 3.25. The second-order valence-corrected chi connectivity index (χ2v) is 6.43. The Morgan fingerprint density at radius 2 is 2.09 bits per heavy atom. The van der Waals surface area contributed by atoms with Gasteiger partial charge < -0.3 is 0 Å². The largest absolute Gasteiger partial charge is 0.272 e. The summed E-state index contributed by atoms with van der Waals surface area (Å²) in [6, 6.07) is 5.24. The fourth-order valence-corrected chi connectivity index (χ4v) is 3.15. The molecule has 22 heavy (non-hydrogen) atoms. The standard InChI is InChI=1S/C13H16N4O4S/c1-3-8-16-13(6-7-14-16)15-22(20,21)11-4-5-12(17(18)19)10(2)9-11/h4-7,9,15H,3,8H2,1-2H3. The average Bonchev–Trinajstić information content (AvgIpc) is 2.85. The highest BCUT2D eigenvalue weighted by Crippen LogP contribution is 2.23. The molecule has 2 aromatic rings. The van der Waals surface area contributed by atoms with E-state index in [9.17, 15) is 18.5 Å². The normalized spacial score (nSPS) is 11.4. The molecule has 0 atom stereocenters. The number of rotatable bonds is 6. The summed E-state index contributed by atoms with van der Waals surface area (Å²) in [5.41, 5.74) is 0.171. The Bertz CT molecular complexity index is 798. The third-order valence-corrected chi connectivity index (χ3v) is 4.42. The zero-order valence-electron chi connectivity index (χ0n) is 12.2. The van der Waals surface area contributed by atoms with Crippen LogP contribution in [0.15, 0.2) is 35.4 Å². The molecule has 1 aromatic heterocycles. The molecule has 8 nitrogen and oxygen atoms in total. The van der Waals surface area contributed by atoms with Crippen molar-refractivity contribution in [2.24, 2.45) is 0 Å². The van der Waals surface area contributed by atoms with Crippen LogP contribution in [-0.2, 0) is 16.6 Å². The molecule has 0 aliphatic heterocycles. The molecular formula is C13H16N4O4S. The van der Waals surface area contributed by atoms with Crippen molar-refractivity contribution in [3.63, 3.8) is 0 Å². The van der Waals surface area contributed by atoms with Gasteiger partial charge in [-0.3, -0.25) is 14.8 Å². The molecule has 0 aliphatic carbocycles. The average molecular weight is 324 g/mol. The van der Waals surface area contributed by atoms with Crippen LogP contribution in [0.1, 0.15) is 18.9 Å². The van der Waals surface area contributed by atoms with Crippen molar-refractivity contribution in [1.29, 1.82) is 0 Å². The van der Waals surface area contributed by atoms with Crippen molar-refractivity contribution in [3.8, 4) is 0 Å². The van der Waals surface area contributed by atoms with Crippen molar-refractivity contribution >= 4 is 21.5 Å². The summed E-state index contributed by atoms with van der Waals surface area (Å²) in [6.45, 7) is 4.04. The summed E-state index contributed by atoms with van der Waals surface area (Å²) in [7, 11) is -3.82. The Morgan fingerprint density at radius 3 is 2.68 bits per heavy atom. The topological polar surface area (TPSA) is 107 Å². The molecule has 0 spiro atoms. The number of aromatic nitrogens is 2. The summed E-state index contributed by atoms with van der Waals surface area (Å²) in [5, 5.41) is 14.8. The second kappa shape index (κ2) is 6.14. The van der Waals surface area contributed by atoms with Crippen LogP contribution in [0.2, 0.25) is 0 Å². The predicted octanol–water partition coefficient (Wildman–Crippen LogP) is 2.31. The molecule has 0 radical (unpaired) electrons. The minimum atomic E-state index is -3.82. The first-order chi connectivity index (χ1) is 10.3. The summed E-state index contributed by atoms with van der Waals surface area (Å²) in [5.74, 6) is 0.359. The quantitative estimate of drug-likeness (QED) is 0.648. The molecule has 118 valence electrons. The first-order valence-electron chi connectivity index (χ1n) is 6.65. The Morgan fingerprint density at radius 1 is 1.36 bits per heavy atom. The van der Waals surface area contributed by atoms with Gasteiger partial charge in [-0.1, -0.05) is 6.92 Å². The van der Waals surface area contributed by atoms with Gasteiger partial charge in [-0.15, -0.1) is 0 Å². The van der Waals surface area contributed by atoms with E-state index in [1.807, 2.05) is 6.92 Å². The highest BCUT2D eigenvalue weighted by atomic mass is 32.2. The van der Waals surface area contributed by atoms with Gasteiger partial charge in [-0.2, -0.15) is 5.10 Å². The Labute approximate surface area is 128 Å². The fourth-order valence-electron chi connectivity index (χ4n) is 2.01. The number of aryl methyl sites for hydroxylation is 2. The minimum Gasteiger partial charge on any atom is -0.264 e. The van der Waals surface area contributed by atoms with Crippen LogP contribution in [0.3, 0.4) is 0 Å². The van der Waals surface area contributed by atoms with E-state index < -0.39 is 14.9 Å². The van der Waals surface area contributed by atoms with Gasteiger partial charge in [0.1, 0.15) is 5.82 Å². The van der Waals surface area contributed by atoms with Gasteiger partial charge >= 0.3 is 0 Å².